The molecule has 10 heteroatoms. The number of imidazole rings is 1. The fraction of sp³-hybridized carbons (Fsp3) is 0.375. The summed E-state index contributed by atoms with van der Waals surface area (Å²) in [6.07, 6.45) is 0.274. The number of rotatable bonds is 3. The molecule has 26 heavy (non-hydrogen) atoms. The van der Waals surface area contributed by atoms with E-state index in [4.69, 9.17) is 0 Å². The molecule has 1 fully saturated rings. The fourth-order valence-corrected chi connectivity index (χ4v) is 3.04. The number of pyridine rings is 1. The molecule has 7 nitrogen and oxygen atoms in total. The van der Waals surface area contributed by atoms with Crippen molar-refractivity contribution in [2.24, 2.45) is 0 Å². The highest BCUT2D eigenvalue weighted by Crippen LogP contribution is 2.31. The van der Waals surface area contributed by atoms with Gasteiger partial charge in [0, 0.05) is 45.1 Å². The minimum atomic E-state index is -4.61. The average molecular weight is 363 g/mol. The minimum Gasteiger partial charge on any atom is -0.352 e. The van der Waals surface area contributed by atoms with Crippen molar-refractivity contribution in [3.63, 3.8) is 0 Å². The van der Waals surface area contributed by atoms with Crippen LogP contribution in [0.25, 0.3) is 11.2 Å². The first kappa shape index (κ1) is 16.7. The maximum Gasteiger partial charge on any atom is 0.451 e. The molecule has 0 amide bonds. The van der Waals surface area contributed by atoms with E-state index in [1.165, 1.54) is 6.33 Å². The maximum absolute atomic E-state index is 13.1. The van der Waals surface area contributed by atoms with E-state index in [-0.39, 0.29) is 11.5 Å². The van der Waals surface area contributed by atoms with Crippen LogP contribution >= 0.6 is 0 Å². The van der Waals surface area contributed by atoms with Gasteiger partial charge in [-0.1, -0.05) is 6.07 Å². The molecule has 4 rings (SSSR count). The molecule has 0 unspecified atom stereocenters. The van der Waals surface area contributed by atoms with Gasteiger partial charge < -0.3 is 9.88 Å². The molecule has 1 aliphatic heterocycles. The Morgan fingerprint density at radius 3 is 2.62 bits per heavy atom. The van der Waals surface area contributed by atoms with E-state index in [1.807, 2.05) is 23.2 Å². The summed E-state index contributed by atoms with van der Waals surface area (Å²) in [4.78, 5) is 22.2. The third kappa shape index (κ3) is 3.32. The third-order valence-corrected chi connectivity index (χ3v) is 4.32. The maximum atomic E-state index is 13.1. The second kappa shape index (κ2) is 6.52. The zero-order valence-electron chi connectivity index (χ0n) is 13.7. The molecule has 3 aromatic rings. The Kier molecular flexibility index (Phi) is 4.19. The number of H-pyrrole nitrogens is 1. The molecule has 0 bridgehead atoms. The van der Waals surface area contributed by atoms with Crippen molar-refractivity contribution in [2.75, 3.05) is 31.1 Å². The van der Waals surface area contributed by atoms with Gasteiger partial charge in [-0.15, -0.1) is 0 Å². The molecule has 1 aliphatic rings. The van der Waals surface area contributed by atoms with Crippen LogP contribution in [0.3, 0.4) is 0 Å². The van der Waals surface area contributed by atoms with Gasteiger partial charge in [0.25, 0.3) is 0 Å². The van der Waals surface area contributed by atoms with Gasteiger partial charge in [0.2, 0.25) is 5.82 Å². The number of aromatic nitrogens is 5. The molecule has 0 aliphatic carbocycles. The van der Waals surface area contributed by atoms with Gasteiger partial charge in [0.1, 0.15) is 5.52 Å². The summed E-state index contributed by atoms with van der Waals surface area (Å²) in [5.41, 5.74) is 1.57. The van der Waals surface area contributed by atoms with Crippen molar-refractivity contribution in [1.82, 2.24) is 29.8 Å². The number of anilines is 1. The van der Waals surface area contributed by atoms with Gasteiger partial charge >= 0.3 is 6.18 Å². The Labute approximate surface area is 146 Å². The van der Waals surface area contributed by atoms with Gasteiger partial charge in [-0.2, -0.15) is 13.2 Å². The molecule has 0 aromatic carbocycles. The first-order chi connectivity index (χ1) is 12.5. The predicted octanol–water partition coefficient (Wildman–Crippen LogP) is 2.09. The van der Waals surface area contributed by atoms with Crippen LogP contribution in [-0.2, 0) is 12.7 Å². The van der Waals surface area contributed by atoms with Crippen LogP contribution in [0.2, 0.25) is 0 Å². The van der Waals surface area contributed by atoms with Gasteiger partial charge in [-0.25, -0.2) is 15.0 Å². The standard InChI is InChI=1S/C16H16F3N7/c17-16(18,19)15-23-13-12(21-10-22-13)14(24-15)26-6-4-25(5-7-26)9-11-2-1-3-20-8-11/h1-3,8,10H,4-7,9H2,(H,21,22,23,24). The summed E-state index contributed by atoms with van der Waals surface area (Å²) in [6.45, 7) is 3.34. The number of nitrogens with zero attached hydrogens (tertiary/aromatic N) is 6. The van der Waals surface area contributed by atoms with E-state index < -0.39 is 12.0 Å². The second-order valence-electron chi connectivity index (χ2n) is 6.09. The first-order valence-corrected chi connectivity index (χ1v) is 8.15. The Balaban J connectivity index is 1.53. The smallest absolute Gasteiger partial charge is 0.352 e. The average Bonchev–Trinajstić information content (AvgIpc) is 3.10. The second-order valence-corrected chi connectivity index (χ2v) is 6.09. The number of piperazine rings is 1. The van der Waals surface area contributed by atoms with Crippen LogP contribution in [0, 0.1) is 0 Å². The monoisotopic (exact) mass is 363 g/mol. The topological polar surface area (TPSA) is 73.8 Å². The predicted molar refractivity (Wildman–Crippen MR) is 88.4 cm³/mol. The highest BCUT2D eigenvalue weighted by molar-refractivity contribution is 5.83. The lowest BCUT2D eigenvalue weighted by molar-refractivity contribution is -0.144. The lowest BCUT2D eigenvalue weighted by Gasteiger charge is -2.35. The van der Waals surface area contributed by atoms with E-state index >= 15 is 0 Å². The van der Waals surface area contributed by atoms with Crippen LogP contribution in [0.15, 0.2) is 30.9 Å². The third-order valence-electron chi connectivity index (χ3n) is 4.32. The molecule has 0 radical (unpaired) electrons. The lowest BCUT2D eigenvalue weighted by Crippen LogP contribution is -2.46. The molecular weight excluding hydrogens is 347 g/mol. The zero-order chi connectivity index (χ0) is 18.1. The summed E-state index contributed by atoms with van der Waals surface area (Å²) < 4.78 is 39.2. The van der Waals surface area contributed by atoms with E-state index in [2.05, 4.69) is 29.8 Å². The van der Waals surface area contributed by atoms with Crippen LogP contribution < -0.4 is 4.90 Å². The Morgan fingerprint density at radius 1 is 1.12 bits per heavy atom. The lowest BCUT2D eigenvalue weighted by atomic mass is 10.2. The van der Waals surface area contributed by atoms with Crippen LogP contribution in [0.5, 0.6) is 0 Å². The van der Waals surface area contributed by atoms with E-state index in [9.17, 15) is 13.2 Å². The fourth-order valence-electron chi connectivity index (χ4n) is 3.04. The van der Waals surface area contributed by atoms with E-state index in [0.717, 1.165) is 25.2 Å². The first-order valence-electron chi connectivity index (χ1n) is 8.15. The number of aromatic amines is 1. The Hall–Kier alpha value is -2.75. The highest BCUT2D eigenvalue weighted by atomic mass is 19.4. The number of alkyl halides is 3. The molecule has 136 valence electrons. The highest BCUT2D eigenvalue weighted by Gasteiger charge is 2.36. The number of nitrogens with one attached hydrogen (secondary N) is 1. The van der Waals surface area contributed by atoms with Crippen molar-refractivity contribution in [3.05, 3.63) is 42.2 Å². The van der Waals surface area contributed by atoms with Crippen molar-refractivity contribution in [3.8, 4) is 0 Å². The SMILES string of the molecule is FC(F)(F)c1nc(N2CCN(Cc3cccnc3)CC2)c2[nH]cnc2n1. The molecule has 0 atom stereocenters. The summed E-state index contributed by atoms with van der Waals surface area (Å²) in [5, 5.41) is 0. The molecule has 0 spiro atoms. The number of halogens is 3. The van der Waals surface area contributed by atoms with Crippen molar-refractivity contribution >= 4 is 17.0 Å². The number of hydrogen-bond acceptors (Lipinski definition) is 6. The normalized spacial score (nSPS) is 16.3. The molecule has 1 saturated heterocycles. The molecule has 1 N–H and O–H groups in total. The van der Waals surface area contributed by atoms with Gasteiger partial charge in [-0.05, 0) is 11.6 Å². The summed E-state index contributed by atoms with van der Waals surface area (Å²) >= 11 is 0. The number of hydrogen-bond donors (Lipinski definition) is 1. The van der Waals surface area contributed by atoms with Gasteiger partial charge in [-0.3, -0.25) is 9.88 Å². The molecular formula is C16H16F3N7. The van der Waals surface area contributed by atoms with Gasteiger partial charge in [0.15, 0.2) is 11.5 Å². The van der Waals surface area contributed by atoms with E-state index in [0.29, 0.717) is 18.6 Å². The van der Waals surface area contributed by atoms with Crippen LogP contribution in [0.4, 0.5) is 19.0 Å². The molecule has 0 saturated carbocycles. The van der Waals surface area contributed by atoms with Crippen molar-refractivity contribution in [2.45, 2.75) is 12.7 Å². The minimum absolute atomic E-state index is 0.0279. The summed E-state index contributed by atoms with van der Waals surface area (Å²) in [5.74, 6) is -0.911. The summed E-state index contributed by atoms with van der Waals surface area (Å²) in [6, 6.07) is 3.90. The van der Waals surface area contributed by atoms with Crippen molar-refractivity contribution < 1.29 is 13.2 Å². The van der Waals surface area contributed by atoms with Crippen molar-refractivity contribution in [1.29, 1.82) is 0 Å². The Bertz CT molecular complexity index is 886. The summed E-state index contributed by atoms with van der Waals surface area (Å²) in [7, 11) is 0. The van der Waals surface area contributed by atoms with E-state index in [1.54, 1.807) is 6.20 Å². The largest absolute Gasteiger partial charge is 0.451 e. The quantitative estimate of drug-likeness (QED) is 0.768. The van der Waals surface area contributed by atoms with Crippen LogP contribution in [-0.4, -0.2) is 56.0 Å². The van der Waals surface area contributed by atoms with Crippen LogP contribution in [0.1, 0.15) is 11.4 Å². The van der Waals surface area contributed by atoms with Gasteiger partial charge in [0.05, 0.1) is 6.33 Å². The molecule has 4 heterocycles. The number of fused-ring (bicyclic) bond motifs is 1. The molecule has 3 aromatic heterocycles. The Morgan fingerprint density at radius 2 is 1.92 bits per heavy atom. The zero-order valence-corrected chi connectivity index (χ0v) is 13.7.